The molecule has 0 radical (unpaired) electrons. The van der Waals surface area contributed by atoms with Crippen LogP contribution in [-0.2, 0) is 0 Å². The summed E-state index contributed by atoms with van der Waals surface area (Å²) in [5.41, 5.74) is 4.31. The average Bonchev–Trinajstić information content (AvgIpc) is 2.30. The van der Waals surface area contributed by atoms with E-state index in [0.717, 1.165) is 18.1 Å². The fourth-order valence-electron chi connectivity index (χ4n) is 2.01. The van der Waals surface area contributed by atoms with Gasteiger partial charge in [0.1, 0.15) is 0 Å². The number of piperidine rings is 1. The van der Waals surface area contributed by atoms with Crippen molar-refractivity contribution in [3.05, 3.63) is 40.4 Å². The van der Waals surface area contributed by atoms with Gasteiger partial charge in [0.2, 0.25) is 0 Å². The van der Waals surface area contributed by atoms with E-state index >= 15 is 0 Å². The van der Waals surface area contributed by atoms with Crippen LogP contribution in [0.2, 0.25) is 5.02 Å². The van der Waals surface area contributed by atoms with Crippen LogP contribution in [0.1, 0.15) is 25.3 Å². The molecule has 1 N–H and O–H groups in total. The summed E-state index contributed by atoms with van der Waals surface area (Å²) in [6.45, 7) is 4.43. The van der Waals surface area contributed by atoms with Crippen LogP contribution in [0.15, 0.2) is 29.8 Å². The maximum Gasteiger partial charge on any atom is 0.0406 e. The first-order chi connectivity index (χ1) is 7.27. The van der Waals surface area contributed by atoms with E-state index < -0.39 is 0 Å². The van der Waals surface area contributed by atoms with Crippen molar-refractivity contribution >= 4 is 17.2 Å². The zero-order valence-corrected chi connectivity index (χ0v) is 9.77. The summed E-state index contributed by atoms with van der Waals surface area (Å²) in [7, 11) is 0. The third-order valence-corrected chi connectivity index (χ3v) is 3.27. The van der Waals surface area contributed by atoms with E-state index in [1.165, 1.54) is 24.0 Å². The first kappa shape index (κ1) is 10.7. The normalized spacial score (nSPS) is 16.5. The van der Waals surface area contributed by atoms with Crippen LogP contribution in [0.25, 0.3) is 5.57 Å². The lowest BCUT2D eigenvalue weighted by Crippen LogP contribution is -2.23. The molecule has 15 heavy (non-hydrogen) atoms. The third-order valence-electron chi connectivity index (χ3n) is 3.01. The van der Waals surface area contributed by atoms with Crippen molar-refractivity contribution in [3.63, 3.8) is 0 Å². The molecule has 2 rings (SSSR count). The maximum atomic E-state index is 5.88. The number of hydrogen-bond acceptors (Lipinski definition) is 1. The van der Waals surface area contributed by atoms with Crippen LogP contribution in [-0.4, -0.2) is 13.1 Å². The van der Waals surface area contributed by atoms with Gasteiger partial charge in [-0.1, -0.05) is 29.3 Å². The first-order valence-electron chi connectivity index (χ1n) is 5.42. The average molecular weight is 222 g/mol. The molecule has 0 spiro atoms. The molecule has 1 nitrogen and oxygen atoms in total. The predicted octanol–water partition coefficient (Wildman–Crippen LogP) is 3.50. The van der Waals surface area contributed by atoms with Crippen LogP contribution in [0.4, 0.5) is 0 Å². The van der Waals surface area contributed by atoms with Crippen molar-refractivity contribution in [1.82, 2.24) is 5.32 Å². The van der Waals surface area contributed by atoms with Crippen molar-refractivity contribution < 1.29 is 0 Å². The molecule has 1 saturated heterocycles. The molecule has 0 bridgehead atoms. The number of hydrogen-bond donors (Lipinski definition) is 1. The molecule has 0 aromatic heterocycles. The summed E-state index contributed by atoms with van der Waals surface area (Å²) in [6, 6.07) is 8.13. The predicted molar refractivity (Wildman–Crippen MR) is 66.1 cm³/mol. The summed E-state index contributed by atoms with van der Waals surface area (Å²) in [5.74, 6) is 0. The Kier molecular flexibility index (Phi) is 3.45. The van der Waals surface area contributed by atoms with E-state index in [9.17, 15) is 0 Å². The van der Waals surface area contributed by atoms with Crippen molar-refractivity contribution in [3.8, 4) is 0 Å². The van der Waals surface area contributed by atoms with Gasteiger partial charge < -0.3 is 5.32 Å². The van der Waals surface area contributed by atoms with Crippen LogP contribution in [0.5, 0.6) is 0 Å². The Balaban J connectivity index is 2.25. The van der Waals surface area contributed by atoms with Gasteiger partial charge in [-0.3, -0.25) is 0 Å². The lowest BCUT2D eigenvalue weighted by molar-refractivity contribution is 0.611. The topological polar surface area (TPSA) is 12.0 Å². The lowest BCUT2D eigenvalue weighted by atomic mass is 9.95. The van der Waals surface area contributed by atoms with E-state index in [2.05, 4.69) is 24.4 Å². The fraction of sp³-hybridized carbons (Fsp3) is 0.385. The quantitative estimate of drug-likeness (QED) is 0.766. The molecule has 1 aliphatic rings. The highest BCUT2D eigenvalue weighted by Gasteiger charge is 2.08. The van der Waals surface area contributed by atoms with Crippen molar-refractivity contribution in [2.75, 3.05) is 13.1 Å². The second-order valence-electron chi connectivity index (χ2n) is 3.99. The third kappa shape index (κ3) is 2.61. The van der Waals surface area contributed by atoms with Crippen molar-refractivity contribution in [1.29, 1.82) is 0 Å². The van der Waals surface area contributed by atoms with Crippen LogP contribution in [0.3, 0.4) is 0 Å². The van der Waals surface area contributed by atoms with Crippen molar-refractivity contribution in [2.45, 2.75) is 19.8 Å². The van der Waals surface area contributed by atoms with Gasteiger partial charge in [-0.25, -0.2) is 0 Å². The van der Waals surface area contributed by atoms with Crippen molar-refractivity contribution in [2.24, 2.45) is 0 Å². The molecule has 80 valence electrons. The number of halogens is 1. The molecule has 2 heteroatoms. The van der Waals surface area contributed by atoms with Gasteiger partial charge in [0.25, 0.3) is 0 Å². The Bertz CT molecular complexity index is 357. The van der Waals surface area contributed by atoms with Gasteiger partial charge in [-0.15, -0.1) is 0 Å². The highest BCUT2D eigenvalue weighted by atomic mass is 35.5. The highest BCUT2D eigenvalue weighted by Crippen LogP contribution is 2.24. The minimum atomic E-state index is 0.807. The summed E-state index contributed by atoms with van der Waals surface area (Å²) in [4.78, 5) is 0. The molecule has 1 heterocycles. The van der Waals surface area contributed by atoms with E-state index in [1.807, 2.05) is 12.1 Å². The Morgan fingerprint density at radius 2 is 1.73 bits per heavy atom. The van der Waals surface area contributed by atoms with E-state index in [1.54, 1.807) is 5.57 Å². The SMILES string of the molecule is CC(=C1CCNCC1)c1ccc(Cl)cc1. The molecule has 1 fully saturated rings. The van der Waals surface area contributed by atoms with Crippen LogP contribution in [0, 0.1) is 0 Å². The Hall–Kier alpha value is -0.790. The number of benzene rings is 1. The molecule has 1 aromatic rings. The van der Waals surface area contributed by atoms with E-state index in [0.29, 0.717) is 0 Å². The zero-order valence-electron chi connectivity index (χ0n) is 9.02. The minimum Gasteiger partial charge on any atom is -0.316 e. The summed E-state index contributed by atoms with van der Waals surface area (Å²) in [5, 5.41) is 4.18. The molecule has 0 amide bonds. The molecule has 1 aliphatic heterocycles. The second kappa shape index (κ2) is 4.82. The molecule has 0 aliphatic carbocycles. The van der Waals surface area contributed by atoms with Gasteiger partial charge in [0.15, 0.2) is 0 Å². The zero-order chi connectivity index (χ0) is 10.7. The fourth-order valence-corrected chi connectivity index (χ4v) is 2.13. The molecular weight excluding hydrogens is 206 g/mol. The van der Waals surface area contributed by atoms with Crippen LogP contribution >= 0.6 is 11.6 Å². The smallest absolute Gasteiger partial charge is 0.0406 e. The second-order valence-corrected chi connectivity index (χ2v) is 4.42. The maximum absolute atomic E-state index is 5.88. The Morgan fingerprint density at radius 3 is 2.33 bits per heavy atom. The number of rotatable bonds is 1. The van der Waals surface area contributed by atoms with Gasteiger partial charge in [-0.2, -0.15) is 0 Å². The molecule has 0 unspecified atom stereocenters. The van der Waals surface area contributed by atoms with E-state index in [4.69, 9.17) is 11.6 Å². The monoisotopic (exact) mass is 221 g/mol. The van der Waals surface area contributed by atoms with Gasteiger partial charge in [0, 0.05) is 5.02 Å². The minimum absolute atomic E-state index is 0.807. The summed E-state index contributed by atoms with van der Waals surface area (Å²) in [6.07, 6.45) is 2.35. The Labute approximate surface area is 96.1 Å². The molecular formula is C13H16ClN. The lowest BCUT2D eigenvalue weighted by Gasteiger charge is -2.18. The van der Waals surface area contributed by atoms with Gasteiger partial charge >= 0.3 is 0 Å². The van der Waals surface area contributed by atoms with E-state index in [-0.39, 0.29) is 0 Å². The van der Waals surface area contributed by atoms with Gasteiger partial charge in [0.05, 0.1) is 0 Å². The largest absolute Gasteiger partial charge is 0.316 e. The Morgan fingerprint density at radius 1 is 1.13 bits per heavy atom. The number of allylic oxidation sites excluding steroid dienone is 1. The summed E-state index contributed by atoms with van der Waals surface area (Å²) < 4.78 is 0. The number of nitrogens with one attached hydrogen (secondary N) is 1. The highest BCUT2D eigenvalue weighted by molar-refractivity contribution is 6.30. The standard InChI is InChI=1S/C13H16ClN/c1-10(12-6-8-15-9-7-12)11-2-4-13(14)5-3-11/h2-5,15H,6-9H2,1H3. The van der Waals surface area contributed by atoms with Gasteiger partial charge in [-0.05, 0) is 56.1 Å². The molecule has 0 atom stereocenters. The van der Waals surface area contributed by atoms with Crippen LogP contribution < -0.4 is 5.32 Å². The molecule has 1 aromatic carbocycles. The summed E-state index contributed by atoms with van der Waals surface area (Å²) >= 11 is 5.88. The molecule has 0 saturated carbocycles. The first-order valence-corrected chi connectivity index (χ1v) is 5.80.